The molecule has 1 heteroatoms. The van der Waals surface area contributed by atoms with E-state index < -0.39 is 0 Å². The number of hydrogen-bond donors (Lipinski definition) is 0. The van der Waals surface area contributed by atoms with Crippen molar-refractivity contribution in [2.75, 3.05) is 0 Å². The molecule has 0 bridgehead atoms. The number of hydrogen-bond acceptors (Lipinski definition) is 0. The van der Waals surface area contributed by atoms with Crippen molar-refractivity contribution < 1.29 is 0 Å². The van der Waals surface area contributed by atoms with Crippen molar-refractivity contribution >= 4 is 29.6 Å². The third-order valence-electron chi connectivity index (χ3n) is 1.66. The zero-order valence-electron chi connectivity index (χ0n) is 7.51. The normalized spacial score (nSPS) is 8.82. The monoisotopic (exact) mass is 157 g/mol. The second-order valence-corrected chi connectivity index (χ2v) is 2.59. The molecule has 0 heterocycles. The van der Waals surface area contributed by atoms with Gasteiger partial charge in [0.1, 0.15) is 0 Å². The first-order chi connectivity index (χ1) is 4.93. The Bertz CT molecular complexity index is 169. The van der Waals surface area contributed by atoms with Crippen LogP contribution in [-0.2, 0) is 6.42 Å². The molecule has 0 saturated carbocycles. The molecule has 0 spiro atoms. The van der Waals surface area contributed by atoms with Crippen molar-refractivity contribution in [3.05, 3.63) is 35.9 Å². The molecule has 0 unspecified atom stereocenters. The predicted molar refractivity (Wildman–Crippen MR) is 50.8 cm³/mol. The van der Waals surface area contributed by atoms with Gasteiger partial charge in [0.25, 0.3) is 0 Å². The van der Waals surface area contributed by atoms with Gasteiger partial charge in [-0.3, -0.25) is 0 Å². The molecule has 1 aromatic carbocycles. The van der Waals surface area contributed by atoms with Crippen LogP contribution in [0.3, 0.4) is 0 Å². The molecule has 0 aliphatic rings. The maximum absolute atomic E-state index is 2.23. The molecule has 0 saturated heterocycles. The Morgan fingerprint density at radius 2 is 1.73 bits per heavy atom. The summed E-state index contributed by atoms with van der Waals surface area (Å²) in [6.07, 6.45) is 3.83. The number of aryl methyl sites for hydroxylation is 1. The van der Waals surface area contributed by atoms with Gasteiger partial charge in [0.2, 0.25) is 0 Å². The van der Waals surface area contributed by atoms with E-state index in [1.807, 2.05) is 0 Å². The molecular formula is C10H14Na. The minimum Gasteiger partial charge on any atom is -0.0654 e. The van der Waals surface area contributed by atoms with Gasteiger partial charge in [0.15, 0.2) is 0 Å². The Morgan fingerprint density at radius 3 is 2.27 bits per heavy atom. The predicted octanol–water partition coefficient (Wildman–Crippen LogP) is 2.65. The molecule has 1 radical (unpaired) electrons. The minimum atomic E-state index is 0. The summed E-state index contributed by atoms with van der Waals surface area (Å²) < 4.78 is 0. The molecule has 0 fully saturated rings. The van der Waals surface area contributed by atoms with Gasteiger partial charge in [-0.1, -0.05) is 43.7 Å². The molecular weight excluding hydrogens is 143 g/mol. The fourth-order valence-corrected chi connectivity index (χ4v) is 1.03. The SMILES string of the molecule is CCCCc1ccccc1.[Na]. The van der Waals surface area contributed by atoms with E-state index in [0.29, 0.717) is 0 Å². The maximum atomic E-state index is 2.23. The first kappa shape index (κ1) is 11.2. The number of unbranched alkanes of at least 4 members (excludes halogenated alkanes) is 1. The second-order valence-electron chi connectivity index (χ2n) is 2.59. The van der Waals surface area contributed by atoms with Gasteiger partial charge in [0.05, 0.1) is 0 Å². The summed E-state index contributed by atoms with van der Waals surface area (Å²) in [7, 11) is 0. The molecule has 0 amide bonds. The summed E-state index contributed by atoms with van der Waals surface area (Å²) in [6.45, 7) is 2.23. The first-order valence-electron chi connectivity index (χ1n) is 3.97. The van der Waals surface area contributed by atoms with E-state index in [-0.39, 0.29) is 29.6 Å². The number of rotatable bonds is 3. The summed E-state index contributed by atoms with van der Waals surface area (Å²) >= 11 is 0. The zero-order valence-corrected chi connectivity index (χ0v) is 9.51. The Labute approximate surface area is 91.3 Å². The molecule has 0 N–H and O–H groups in total. The van der Waals surface area contributed by atoms with Crippen LogP contribution in [-0.4, -0.2) is 29.6 Å². The van der Waals surface area contributed by atoms with Crippen molar-refractivity contribution in [3.8, 4) is 0 Å². The Kier molecular flexibility index (Phi) is 7.04. The third-order valence-corrected chi connectivity index (χ3v) is 1.66. The standard InChI is InChI=1S/C10H14.Na/c1-2-3-7-10-8-5-4-6-9-10;/h4-6,8-9H,2-3,7H2,1H3;. The van der Waals surface area contributed by atoms with Gasteiger partial charge in [-0.2, -0.15) is 0 Å². The Morgan fingerprint density at radius 1 is 1.09 bits per heavy atom. The van der Waals surface area contributed by atoms with Crippen LogP contribution in [0.5, 0.6) is 0 Å². The quantitative estimate of drug-likeness (QED) is 0.592. The van der Waals surface area contributed by atoms with E-state index in [0.717, 1.165) is 0 Å². The van der Waals surface area contributed by atoms with E-state index in [1.165, 1.54) is 24.8 Å². The van der Waals surface area contributed by atoms with Crippen LogP contribution in [0.15, 0.2) is 30.3 Å². The molecule has 55 valence electrons. The molecule has 0 aliphatic heterocycles. The summed E-state index contributed by atoms with van der Waals surface area (Å²) in [5.74, 6) is 0. The molecule has 1 aromatic rings. The zero-order chi connectivity index (χ0) is 7.23. The molecule has 0 atom stereocenters. The van der Waals surface area contributed by atoms with E-state index >= 15 is 0 Å². The first-order valence-corrected chi connectivity index (χ1v) is 3.97. The number of benzene rings is 1. The smallest absolute Gasteiger partial charge is 0 e. The van der Waals surface area contributed by atoms with Crippen LogP contribution in [0.4, 0.5) is 0 Å². The fourth-order valence-electron chi connectivity index (χ4n) is 1.03. The Hall–Kier alpha value is 0.220. The van der Waals surface area contributed by atoms with Crippen LogP contribution in [0.1, 0.15) is 25.3 Å². The largest absolute Gasteiger partial charge is 0.0654 e. The van der Waals surface area contributed by atoms with Gasteiger partial charge in [0, 0.05) is 29.6 Å². The summed E-state index contributed by atoms with van der Waals surface area (Å²) in [5.41, 5.74) is 1.46. The van der Waals surface area contributed by atoms with Crippen molar-refractivity contribution in [2.24, 2.45) is 0 Å². The van der Waals surface area contributed by atoms with Crippen molar-refractivity contribution in [1.82, 2.24) is 0 Å². The van der Waals surface area contributed by atoms with E-state index in [1.54, 1.807) is 0 Å². The minimum absolute atomic E-state index is 0. The van der Waals surface area contributed by atoms with Gasteiger partial charge < -0.3 is 0 Å². The van der Waals surface area contributed by atoms with E-state index in [9.17, 15) is 0 Å². The molecule has 0 aromatic heterocycles. The average molecular weight is 157 g/mol. The van der Waals surface area contributed by atoms with Crippen LogP contribution in [0.25, 0.3) is 0 Å². The fraction of sp³-hybridized carbons (Fsp3) is 0.400. The van der Waals surface area contributed by atoms with Crippen LogP contribution in [0, 0.1) is 0 Å². The summed E-state index contributed by atoms with van der Waals surface area (Å²) in [6, 6.07) is 10.6. The van der Waals surface area contributed by atoms with Crippen molar-refractivity contribution in [3.63, 3.8) is 0 Å². The van der Waals surface area contributed by atoms with Crippen LogP contribution >= 0.6 is 0 Å². The maximum Gasteiger partial charge on any atom is 0 e. The Balaban J connectivity index is 0.000001000. The summed E-state index contributed by atoms with van der Waals surface area (Å²) in [5, 5.41) is 0. The molecule has 11 heavy (non-hydrogen) atoms. The molecule has 0 aliphatic carbocycles. The summed E-state index contributed by atoms with van der Waals surface area (Å²) in [4.78, 5) is 0. The van der Waals surface area contributed by atoms with Crippen molar-refractivity contribution in [1.29, 1.82) is 0 Å². The van der Waals surface area contributed by atoms with Gasteiger partial charge in [-0.15, -0.1) is 0 Å². The third kappa shape index (κ3) is 4.62. The van der Waals surface area contributed by atoms with E-state index in [4.69, 9.17) is 0 Å². The van der Waals surface area contributed by atoms with Crippen LogP contribution < -0.4 is 0 Å². The van der Waals surface area contributed by atoms with Gasteiger partial charge in [-0.05, 0) is 18.4 Å². The van der Waals surface area contributed by atoms with Gasteiger partial charge in [-0.25, -0.2) is 0 Å². The van der Waals surface area contributed by atoms with Crippen molar-refractivity contribution in [2.45, 2.75) is 26.2 Å². The van der Waals surface area contributed by atoms with Crippen LogP contribution in [0.2, 0.25) is 0 Å². The molecule has 1 rings (SSSR count). The van der Waals surface area contributed by atoms with E-state index in [2.05, 4.69) is 37.3 Å². The average Bonchev–Trinajstić information content (AvgIpc) is 2.03. The van der Waals surface area contributed by atoms with Gasteiger partial charge >= 0.3 is 0 Å². The second kappa shape index (κ2) is 6.90. The molecule has 0 nitrogen and oxygen atoms in total. The topological polar surface area (TPSA) is 0 Å².